The number of anilines is 1. The molecule has 4 aromatic rings. The van der Waals surface area contributed by atoms with E-state index in [0.717, 1.165) is 55.9 Å². The molecule has 0 saturated carbocycles. The van der Waals surface area contributed by atoms with Crippen LogP contribution in [0.15, 0.2) is 53.1 Å². The van der Waals surface area contributed by atoms with E-state index in [4.69, 9.17) is 9.51 Å². The highest BCUT2D eigenvalue weighted by atomic mass is 16.5. The van der Waals surface area contributed by atoms with Crippen LogP contribution in [0, 0.1) is 6.92 Å². The smallest absolute Gasteiger partial charge is 0.257 e. The van der Waals surface area contributed by atoms with Crippen molar-refractivity contribution in [3.8, 4) is 11.5 Å². The molecule has 5 rings (SSSR count). The fourth-order valence-corrected chi connectivity index (χ4v) is 4.27. The minimum absolute atomic E-state index is 0.476. The Morgan fingerprint density at radius 3 is 2.52 bits per heavy atom. The Balaban J connectivity index is 1.11. The van der Waals surface area contributed by atoms with E-state index in [1.807, 2.05) is 13.0 Å². The third-order valence-corrected chi connectivity index (χ3v) is 6.15. The summed E-state index contributed by atoms with van der Waals surface area (Å²) in [5, 5.41) is 7.52. The van der Waals surface area contributed by atoms with Gasteiger partial charge in [0.1, 0.15) is 0 Å². The molecule has 0 aliphatic carbocycles. The molecule has 1 N–H and O–H groups in total. The molecule has 0 unspecified atom stereocenters. The van der Waals surface area contributed by atoms with Crippen molar-refractivity contribution in [2.45, 2.75) is 32.2 Å². The fraction of sp³-hybridized carbons (Fsp3) is 0.375. The zero-order valence-corrected chi connectivity index (χ0v) is 18.1. The topological polar surface area (TPSA) is 72.0 Å². The predicted octanol–water partition coefficient (Wildman–Crippen LogP) is 4.05. The fourth-order valence-electron chi connectivity index (χ4n) is 4.27. The average Bonchev–Trinajstić information content (AvgIpc) is 3.37. The second-order valence-electron chi connectivity index (χ2n) is 8.34. The van der Waals surface area contributed by atoms with Gasteiger partial charge in [0.2, 0.25) is 5.95 Å². The van der Waals surface area contributed by atoms with Crippen molar-refractivity contribution < 1.29 is 4.52 Å². The Morgan fingerprint density at radius 2 is 1.81 bits per heavy atom. The first-order valence-electron chi connectivity index (χ1n) is 11.0. The van der Waals surface area contributed by atoms with Gasteiger partial charge in [0.15, 0.2) is 5.82 Å². The number of piperidine rings is 1. The lowest BCUT2D eigenvalue weighted by molar-refractivity contribution is 0.221. The second kappa shape index (κ2) is 8.51. The third-order valence-electron chi connectivity index (χ3n) is 6.15. The third kappa shape index (κ3) is 4.32. The highest BCUT2D eigenvalue weighted by Gasteiger charge is 2.20. The van der Waals surface area contributed by atoms with Crippen LogP contribution in [0.3, 0.4) is 0 Å². The zero-order valence-electron chi connectivity index (χ0n) is 18.1. The molecule has 0 amide bonds. The normalized spacial score (nSPS) is 15.5. The first kappa shape index (κ1) is 19.8. The monoisotopic (exact) mass is 416 g/mol. The maximum Gasteiger partial charge on any atom is 0.257 e. The van der Waals surface area contributed by atoms with Crippen LogP contribution in [0.4, 0.5) is 5.95 Å². The molecule has 1 fully saturated rings. The Bertz CT molecular complexity index is 1150. The van der Waals surface area contributed by atoms with E-state index in [9.17, 15) is 0 Å². The highest BCUT2D eigenvalue weighted by Crippen LogP contribution is 2.22. The lowest BCUT2D eigenvalue weighted by Gasteiger charge is -2.32. The van der Waals surface area contributed by atoms with Gasteiger partial charge in [-0.05, 0) is 56.0 Å². The number of imidazole rings is 1. The number of nitrogens with one attached hydrogen (secondary N) is 1. The summed E-state index contributed by atoms with van der Waals surface area (Å²) in [5.74, 6) is 2.21. The van der Waals surface area contributed by atoms with Crippen LogP contribution in [0.1, 0.15) is 24.2 Å². The van der Waals surface area contributed by atoms with Gasteiger partial charge in [0, 0.05) is 38.3 Å². The van der Waals surface area contributed by atoms with E-state index in [2.05, 4.69) is 74.4 Å². The van der Waals surface area contributed by atoms with Gasteiger partial charge in [-0.3, -0.25) is 0 Å². The Kier molecular flexibility index (Phi) is 5.42. The number of hydrogen-bond acceptors (Lipinski definition) is 6. The largest absolute Gasteiger partial charge is 0.353 e. The molecule has 7 nitrogen and oxygen atoms in total. The lowest BCUT2D eigenvalue weighted by atomic mass is 10.0. The van der Waals surface area contributed by atoms with Crippen LogP contribution in [-0.4, -0.2) is 50.3 Å². The van der Waals surface area contributed by atoms with Gasteiger partial charge in [0.05, 0.1) is 11.0 Å². The van der Waals surface area contributed by atoms with Gasteiger partial charge >= 0.3 is 0 Å². The van der Waals surface area contributed by atoms with Crippen LogP contribution < -0.4 is 5.32 Å². The van der Waals surface area contributed by atoms with Crippen molar-refractivity contribution in [2.75, 3.05) is 25.0 Å². The van der Waals surface area contributed by atoms with Crippen LogP contribution in [0.25, 0.3) is 22.5 Å². The number of hydrogen-bond donors (Lipinski definition) is 1. The number of aryl methyl sites for hydroxylation is 2. The maximum absolute atomic E-state index is 5.24. The molecule has 7 heteroatoms. The number of para-hydroxylation sites is 2. The number of likely N-dealkylation sites (tertiary alicyclic amines) is 1. The standard InChI is InChI=1S/C24H28N6O/c1-17-25-23(31-28-17)19-9-7-18(8-10-19)11-14-30-15-12-20(13-16-30)26-24-27-21-5-3-4-6-22(21)29(24)2/h3-10,20H,11-16H2,1-2H3,(H,26,27). The van der Waals surface area contributed by atoms with Crippen molar-refractivity contribution in [1.82, 2.24) is 24.6 Å². The Morgan fingerprint density at radius 1 is 1.03 bits per heavy atom. The molecule has 0 bridgehead atoms. The summed E-state index contributed by atoms with van der Waals surface area (Å²) >= 11 is 0. The molecule has 0 spiro atoms. The van der Waals surface area contributed by atoms with E-state index < -0.39 is 0 Å². The van der Waals surface area contributed by atoms with Crippen molar-refractivity contribution >= 4 is 17.0 Å². The molecule has 1 aliphatic heterocycles. The first-order valence-corrected chi connectivity index (χ1v) is 11.0. The summed E-state index contributed by atoms with van der Waals surface area (Å²) in [7, 11) is 2.08. The summed E-state index contributed by atoms with van der Waals surface area (Å²) < 4.78 is 7.39. The van der Waals surface area contributed by atoms with Crippen LogP contribution in [0.2, 0.25) is 0 Å². The molecular weight excluding hydrogens is 388 g/mol. The quantitative estimate of drug-likeness (QED) is 0.511. The van der Waals surface area contributed by atoms with Crippen molar-refractivity contribution in [2.24, 2.45) is 7.05 Å². The summed E-state index contributed by atoms with van der Waals surface area (Å²) in [6.45, 7) is 5.14. The summed E-state index contributed by atoms with van der Waals surface area (Å²) in [5.41, 5.74) is 4.52. The predicted molar refractivity (Wildman–Crippen MR) is 122 cm³/mol. The average molecular weight is 417 g/mol. The van der Waals surface area contributed by atoms with E-state index in [1.54, 1.807) is 0 Å². The summed E-state index contributed by atoms with van der Waals surface area (Å²) in [4.78, 5) is 11.6. The maximum atomic E-state index is 5.24. The van der Waals surface area contributed by atoms with Gasteiger partial charge in [0.25, 0.3) is 5.89 Å². The second-order valence-corrected chi connectivity index (χ2v) is 8.34. The van der Waals surface area contributed by atoms with Crippen LogP contribution in [-0.2, 0) is 13.5 Å². The van der Waals surface area contributed by atoms with Crippen molar-refractivity contribution in [1.29, 1.82) is 0 Å². The SMILES string of the molecule is Cc1noc(-c2ccc(CCN3CCC(Nc4nc5ccccc5n4C)CC3)cc2)n1. The molecule has 0 radical (unpaired) electrons. The minimum atomic E-state index is 0.476. The molecule has 2 aromatic carbocycles. The van der Waals surface area contributed by atoms with Gasteiger partial charge in [-0.25, -0.2) is 4.98 Å². The molecular formula is C24H28N6O. The molecule has 1 saturated heterocycles. The lowest BCUT2D eigenvalue weighted by Crippen LogP contribution is -2.40. The van der Waals surface area contributed by atoms with Crippen molar-refractivity contribution in [3.05, 3.63) is 59.9 Å². The van der Waals surface area contributed by atoms with Gasteiger partial charge in [-0.1, -0.05) is 29.4 Å². The van der Waals surface area contributed by atoms with Gasteiger partial charge in [-0.15, -0.1) is 0 Å². The first-order chi connectivity index (χ1) is 15.2. The van der Waals surface area contributed by atoms with E-state index in [1.165, 1.54) is 11.1 Å². The molecule has 2 aromatic heterocycles. The summed E-state index contributed by atoms with van der Waals surface area (Å²) in [6.07, 6.45) is 3.32. The number of fused-ring (bicyclic) bond motifs is 1. The Labute approximate surface area is 182 Å². The van der Waals surface area contributed by atoms with Gasteiger partial charge in [-0.2, -0.15) is 4.98 Å². The van der Waals surface area contributed by atoms with E-state index in [-0.39, 0.29) is 0 Å². The number of rotatable bonds is 6. The number of aromatic nitrogens is 4. The molecule has 3 heterocycles. The van der Waals surface area contributed by atoms with E-state index in [0.29, 0.717) is 17.8 Å². The van der Waals surface area contributed by atoms with Crippen molar-refractivity contribution in [3.63, 3.8) is 0 Å². The van der Waals surface area contributed by atoms with E-state index >= 15 is 0 Å². The van der Waals surface area contributed by atoms with Gasteiger partial charge < -0.3 is 19.3 Å². The molecule has 1 aliphatic rings. The molecule has 160 valence electrons. The molecule has 0 atom stereocenters. The number of nitrogens with zero attached hydrogens (tertiary/aromatic N) is 5. The molecule has 31 heavy (non-hydrogen) atoms. The highest BCUT2D eigenvalue weighted by molar-refractivity contribution is 5.78. The van der Waals surface area contributed by atoms with Crippen LogP contribution in [0.5, 0.6) is 0 Å². The van der Waals surface area contributed by atoms with Crippen LogP contribution >= 0.6 is 0 Å². The summed E-state index contributed by atoms with van der Waals surface area (Å²) in [6, 6.07) is 17.2. The Hall–Kier alpha value is -3.19. The minimum Gasteiger partial charge on any atom is -0.353 e. The zero-order chi connectivity index (χ0) is 21.2. The number of benzene rings is 2.